The van der Waals surface area contributed by atoms with E-state index in [0.29, 0.717) is 32.1 Å². The van der Waals surface area contributed by atoms with E-state index in [9.17, 15) is 9.59 Å². The summed E-state index contributed by atoms with van der Waals surface area (Å²) in [5.74, 6) is 0.00843. The normalized spacial score (nSPS) is 24.5. The Hall–Kier alpha value is -1.96. The number of piperazine rings is 1. The lowest BCUT2D eigenvalue weighted by Gasteiger charge is -2.32. The lowest BCUT2D eigenvalue weighted by atomic mass is 10.1. The summed E-state index contributed by atoms with van der Waals surface area (Å²) in [5, 5.41) is 3.29. The van der Waals surface area contributed by atoms with Gasteiger partial charge in [-0.15, -0.1) is 0 Å². The number of amides is 2. The Morgan fingerprint density at radius 3 is 2.47 bits per heavy atom. The molecule has 1 N–H and O–H groups in total. The number of aryl methyl sites for hydroxylation is 1. The Labute approximate surface area is 179 Å². The molecule has 1 aliphatic carbocycles. The second kappa shape index (κ2) is 9.45. The molecule has 3 aliphatic rings. The van der Waals surface area contributed by atoms with Crippen molar-refractivity contribution in [3.8, 4) is 0 Å². The molecule has 2 aliphatic heterocycles. The van der Waals surface area contributed by atoms with Crippen LogP contribution in [0.2, 0.25) is 0 Å². The van der Waals surface area contributed by atoms with Crippen LogP contribution in [0, 0.1) is 6.92 Å². The highest BCUT2D eigenvalue weighted by molar-refractivity contribution is 5.89. The molecule has 3 fully saturated rings. The van der Waals surface area contributed by atoms with Crippen molar-refractivity contribution in [1.82, 2.24) is 20.0 Å². The van der Waals surface area contributed by atoms with Gasteiger partial charge in [-0.2, -0.15) is 0 Å². The van der Waals surface area contributed by atoms with Gasteiger partial charge in [0.25, 0.3) is 0 Å². The van der Waals surface area contributed by atoms with Gasteiger partial charge in [0.1, 0.15) is 12.6 Å². The fraction of sp³-hybridized carbons (Fsp3) is 0.652. The van der Waals surface area contributed by atoms with Gasteiger partial charge in [-0.25, -0.2) is 0 Å². The van der Waals surface area contributed by atoms with Gasteiger partial charge < -0.3 is 19.9 Å². The summed E-state index contributed by atoms with van der Waals surface area (Å²) in [6, 6.07) is 9.07. The van der Waals surface area contributed by atoms with Crippen LogP contribution in [0.15, 0.2) is 24.3 Å². The van der Waals surface area contributed by atoms with Crippen molar-refractivity contribution in [3.63, 3.8) is 0 Å². The van der Waals surface area contributed by atoms with E-state index in [4.69, 9.17) is 4.74 Å². The summed E-state index contributed by atoms with van der Waals surface area (Å²) in [7, 11) is 1.53. The van der Waals surface area contributed by atoms with Gasteiger partial charge in [-0.1, -0.05) is 29.8 Å². The summed E-state index contributed by atoms with van der Waals surface area (Å²) in [6.07, 6.45) is 3.11. The Bertz CT molecular complexity index is 743. The first kappa shape index (κ1) is 21.3. The number of carbonyl (C=O) groups is 2. The van der Waals surface area contributed by atoms with E-state index in [2.05, 4.69) is 41.4 Å². The molecule has 2 amide bonds. The molecule has 4 rings (SSSR count). The zero-order chi connectivity index (χ0) is 21.1. The zero-order valence-corrected chi connectivity index (χ0v) is 18.2. The van der Waals surface area contributed by atoms with Crippen LogP contribution in [0.5, 0.6) is 0 Å². The van der Waals surface area contributed by atoms with E-state index in [-0.39, 0.29) is 30.5 Å². The molecule has 1 aromatic rings. The van der Waals surface area contributed by atoms with Crippen molar-refractivity contribution in [2.45, 2.75) is 50.9 Å². The molecule has 1 aromatic carbocycles. The van der Waals surface area contributed by atoms with Gasteiger partial charge in [-0.3, -0.25) is 14.5 Å². The summed E-state index contributed by atoms with van der Waals surface area (Å²) < 4.78 is 5.11. The topological polar surface area (TPSA) is 65.1 Å². The molecule has 7 heteroatoms. The monoisotopic (exact) mass is 414 g/mol. The number of likely N-dealkylation sites (tertiary alicyclic amines) is 1. The van der Waals surface area contributed by atoms with Gasteiger partial charge in [0, 0.05) is 58.5 Å². The smallest absolute Gasteiger partial charge is 0.249 e. The third-order valence-electron chi connectivity index (χ3n) is 6.55. The maximum Gasteiger partial charge on any atom is 0.249 e. The van der Waals surface area contributed by atoms with E-state index >= 15 is 0 Å². The number of rotatable bonds is 7. The molecule has 2 atom stereocenters. The van der Waals surface area contributed by atoms with Crippen LogP contribution in [-0.4, -0.2) is 91.1 Å². The molecule has 0 bridgehead atoms. The van der Waals surface area contributed by atoms with Crippen LogP contribution in [0.25, 0.3) is 0 Å². The number of hydrogen-bond donors (Lipinski definition) is 1. The lowest BCUT2D eigenvalue weighted by Crippen LogP contribution is -2.53. The molecule has 0 radical (unpaired) electrons. The summed E-state index contributed by atoms with van der Waals surface area (Å²) in [5.41, 5.74) is 2.55. The summed E-state index contributed by atoms with van der Waals surface area (Å²) in [4.78, 5) is 32.3. The zero-order valence-electron chi connectivity index (χ0n) is 18.2. The maximum absolute atomic E-state index is 13.3. The number of hydrogen-bond acceptors (Lipinski definition) is 5. The third kappa shape index (κ3) is 4.85. The van der Waals surface area contributed by atoms with Crippen molar-refractivity contribution < 1.29 is 14.3 Å². The van der Waals surface area contributed by atoms with E-state index in [1.807, 2.05) is 4.90 Å². The van der Waals surface area contributed by atoms with Crippen LogP contribution in [0.3, 0.4) is 0 Å². The predicted octanol–water partition coefficient (Wildman–Crippen LogP) is 1.01. The molecule has 2 saturated heterocycles. The number of methoxy groups -OCH3 is 1. The van der Waals surface area contributed by atoms with Crippen molar-refractivity contribution in [3.05, 3.63) is 35.4 Å². The molecule has 2 heterocycles. The Kier molecular flexibility index (Phi) is 6.71. The van der Waals surface area contributed by atoms with Crippen LogP contribution in [0.4, 0.5) is 0 Å². The molecular weight excluding hydrogens is 380 g/mol. The van der Waals surface area contributed by atoms with Gasteiger partial charge in [0.05, 0.1) is 0 Å². The predicted molar refractivity (Wildman–Crippen MR) is 115 cm³/mol. The average molecular weight is 415 g/mol. The minimum absolute atomic E-state index is 0.0272. The molecule has 7 nitrogen and oxygen atoms in total. The number of ether oxygens (including phenoxy) is 1. The molecule has 30 heavy (non-hydrogen) atoms. The molecule has 164 valence electrons. The third-order valence-corrected chi connectivity index (χ3v) is 6.55. The van der Waals surface area contributed by atoms with Crippen molar-refractivity contribution >= 4 is 11.8 Å². The first-order valence-electron chi connectivity index (χ1n) is 11.2. The SMILES string of the molecule is COCC(=O)N1CC(N(Cc2ccc(C)cc2)C2CC2)CC1C(=O)N1CCNCC1. The Balaban J connectivity index is 1.51. The fourth-order valence-electron chi connectivity index (χ4n) is 4.73. The number of carbonyl (C=O) groups excluding carboxylic acids is 2. The summed E-state index contributed by atoms with van der Waals surface area (Å²) >= 11 is 0. The second-order valence-electron chi connectivity index (χ2n) is 8.85. The molecule has 1 saturated carbocycles. The minimum atomic E-state index is -0.380. The number of nitrogens with one attached hydrogen (secondary N) is 1. The maximum atomic E-state index is 13.3. The van der Waals surface area contributed by atoms with Crippen molar-refractivity contribution in [2.24, 2.45) is 0 Å². The number of benzene rings is 1. The van der Waals surface area contributed by atoms with E-state index in [1.54, 1.807) is 4.90 Å². The molecule has 0 spiro atoms. The lowest BCUT2D eigenvalue weighted by molar-refractivity contribution is -0.146. The van der Waals surface area contributed by atoms with Gasteiger partial charge in [0.15, 0.2) is 0 Å². The first-order chi connectivity index (χ1) is 14.6. The Morgan fingerprint density at radius 2 is 1.83 bits per heavy atom. The van der Waals surface area contributed by atoms with Crippen molar-refractivity contribution in [2.75, 3.05) is 46.4 Å². The van der Waals surface area contributed by atoms with Gasteiger partial charge in [0.2, 0.25) is 11.8 Å². The number of nitrogens with zero attached hydrogens (tertiary/aromatic N) is 3. The van der Waals surface area contributed by atoms with Crippen LogP contribution >= 0.6 is 0 Å². The molecular formula is C23H34N4O3. The van der Waals surface area contributed by atoms with Crippen molar-refractivity contribution in [1.29, 1.82) is 0 Å². The van der Waals surface area contributed by atoms with Gasteiger partial charge in [-0.05, 0) is 31.7 Å². The van der Waals surface area contributed by atoms with E-state index in [0.717, 1.165) is 19.6 Å². The second-order valence-corrected chi connectivity index (χ2v) is 8.85. The summed E-state index contributed by atoms with van der Waals surface area (Å²) in [6.45, 7) is 6.66. The van der Waals surface area contributed by atoms with Gasteiger partial charge >= 0.3 is 0 Å². The largest absolute Gasteiger partial charge is 0.375 e. The Morgan fingerprint density at radius 1 is 1.13 bits per heavy atom. The van der Waals surface area contributed by atoms with E-state index in [1.165, 1.54) is 31.1 Å². The molecule has 0 aromatic heterocycles. The first-order valence-corrected chi connectivity index (χ1v) is 11.2. The average Bonchev–Trinajstić information content (AvgIpc) is 3.51. The van der Waals surface area contributed by atoms with Crippen LogP contribution in [-0.2, 0) is 20.9 Å². The quantitative estimate of drug-likeness (QED) is 0.721. The molecule has 2 unspecified atom stereocenters. The highest BCUT2D eigenvalue weighted by Gasteiger charge is 2.46. The highest BCUT2D eigenvalue weighted by Crippen LogP contribution is 2.35. The van der Waals surface area contributed by atoms with Crippen LogP contribution < -0.4 is 5.32 Å². The van der Waals surface area contributed by atoms with E-state index < -0.39 is 0 Å². The standard InChI is InChI=1S/C23H34N4O3/c1-17-3-5-18(6-4-17)14-26(19-7-8-19)20-13-21(27(15-20)22(28)16-30-2)23(29)25-11-9-24-10-12-25/h3-6,19-21,24H,7-16H2,1-2H3. The minimum Gasteiger partial charge on any atom is -0.375 e. The fourth-order valence-corrected chi connectivity index (χ4v) is 4.73. The van der Waals surface area contributed by atoms with Crippen LogP contribution in [0.1, 0.15) is 30.4 Å². The highest BCUT2D eigenvalue weighted by atomic mass is 16.5.